The number of thiazole rings is 1. The van der Waals surface area contributed by atoms with Crippen molar-refractivity contribution < 1.29 is 0 Å². The van der Waals surface area contributed by atoms with Gasteiger partial charge in [0.1, 0.15) is 0 Å². The van der Waals surface area contributed by atoms with Crippen molar-refractivity contribution in [2.24, 2.45) is 7.05 Å². The minimum Gasteiger partial charge on any atom is -0.311 e. The van der Waals surface area contributed by atoms with E-state index < -0.39 is 0 Å². The summed E-state index contributed by atoms with van der Waals surface area (Å²) in [4.78, 5) is 4.46. The van der Waals surface area contributed by atoms with Crippen LogP contribution in [0.1, 0.15) is 29.0 Å². The summed E-state index contributed by atoms with van der Waals surface area (Å²) in [5.74, 6) is 0. The van der Waals surface area contributed by atoms with Crippen LogP contribution in [0.15, 0.2) is 9.85 Å². The molecule has 0 aliphatic heterocycles. The predicted octanol–water partition coefficient (Wildman–Crippen LogP) is 2.84. The Bertz CT molecular complexity index is 547. The first-order valence-corrected chi connectivity index (χ1v) is 8.11. The highest BCUT2D eigenvalue weighted by molar-refractivity contribution is 9.10. The van der Waals surface area contributed by atoms with Gasteiger partial charge >= 0.3 is 0 Å². The van der Waals surface area contributed by atoms with Crippen LogP contribution in [0.3, 0.4) is 0 Å². The molecule has 2 aromatic heterocycles. The smallest absolute Gasteiger partial charge is 0.0897 e. The Labute approximate surface area is 126 Å². The highest BCUT2D eigenvalue weighted by Crippen LogP contribution is 2.21. The second-order valence-electron chi connectivity index (χ2n) is 4.47. The van der Waals surface area contributed by atoms with Crippen LogP contribution in [-0.4, -0.2) is 21.3 Å². The molecule has 0 bridgehead atoms. The molecule has 0 spiro atoms. The van der Waals surface area contributed by atoms with Gasteiger partial charge in [-0.05, 0) is 29.3 Å². The molecule has 2 heterocycles. The highest BCUT2D eigenvalue weighted by Gasteiger charge is 2.11. The third-order valence-corrected chi connectivity index (χ3v) is 4.76. The van der Waals surface area contributed by atoms with Crippen LogP contribution < -0.4 is 5.32 Å². The van der Waals surface area contributed by atoms with Crippen molar-refractivity contribution in [2.75, 3.05) is 6.54 Å². The van der Waals surface area contributed by atoms with Gasteiger partial charge in [0.05, 0.1) is 26.6 Å². The molecule has 0 saturated heterocycles. The quantitative estimate of drug-likeness (QED) is 0.820. The first-order valence-electron chi connectivity index (χ1n) is 6.43. The Kier molecular flexibility index (Phi) is 5.13. The molecule has 6 heteroatoms. The second kappa shape index (κ2) is 6.63. The average Bonchev–Trinajstić information content (AvgIpc) is 2.91. The van der Waals surface area contributed by atoms with Gasteiger partial charge in [0.2, 0.25) is 0 Å². The van der Waals surface area contributed by atoms with Crippen LogP contribution in [0.5, 0.6) is 0 Å². The summed E-state index contributed by atoms with van der Waals surface area (Å²) >= 11 is 5.34. The van der Waals surface area contributed by atoms with Gasteiger partial charge in [-0.15, -0.1) is 11.3 Å². The van der Waals surface area contributed by atoms with E-state index in [9.17, 15) is 0 Å². The summed E-state index contributed by atoms with van der Waals surface area (Å²) in [7, 11) is 1.99. The maximum Gasteiger partial charge on any atom is 0.0897 e. The summed E-state index contributed by atoms with van der Waals surface area (Å²) in [6.45, 7) is 5.92. The molecule has 0 amide bonds. The Morgan fingerprint density at radius 2 is 2.26 bits per heavy atom. The van der Waals surface area contributed by atoms with E-state index in [4.69, 9.17) is 0 Å². The van der Waals surface area contributed by atoms with Crippen molar-refractivity contribution in [2.45, 2.75) is 33.2 Å². The van der Waals surface area contributed by atoms with Crippen molar-refractivity contribution >= 4 is 27.3 Å². The minimum atomic E-state index is 0.827. The Morgan fingerprint density at radius 1 is 1.47 bits per heavy atom. The van der Waals surface area contributed by atoms with Gasteiger partial charge in [0.15, 0.2) is 0 Å². The first kappa shape index (κ1) is 14.7. The Morgan fingerprint density at radius 3 is 2.84 bits per heavy atom. The van der Waals surface area contributed by atoms with E-state index in [2.05, 4.69) is 43.6 Å². The molecule has 19 heavy (non-hydrogen) atoms. The molecule has 1 N–H and O–H groups in total. The molecule has 104 valence electrons. The zero-order valence-electron chi connectivity index (χ0n) is 11.5. The van der Waals surface area contributed by atoms with E-state index in [1.54, 1.807) is 11.3 Å². The maximum atomic E-state index is 4.49. The van der Waals surface area contributed by atoms with Gasteiger partial charge in [0, 0.05) is 31.9 Å². The zero-order chi connectivity index (χ0) is 13.8. The molecular weight excluding hydrogens is 324 g/mol. The van der Waals surface area contributed by atoms with Gasteiger partial charge in [-0.3, -0.25) is 4.68 Å². The fourth-order valence-electron chi connectivity index (χ4n) is 1.96. The van der Waals surface area contributed by atoms with Gasteiger partial charge in [0.25, 0.3) is 0 Å². The van der Waals surface area contributed by atoms with E-state index in [-0.39, 0.29) is 0 Å². The van der Waals surface area contributed by atoms with Crippen molar-refractivity contribution in [3.8, 4) is 0 Å². The lowest BCUT2D eigenvalue weighted by atomic mass is 10.3. The van der Waals surface area contributed by atoms with Crippen molar-refractivity contribution in [3.05, 3.63) is 31.9 Å². The number of aryl methyl sites for hydroxylation is 3. The summed E-state index contributed by atoms with van der Waals surface area (Å²) in [6, 6.07) is 0. The number of nitrogens with one attached hydrogen (secondary N) is 1. The number of aromatic nitrogens is 3. The van der Waals surface area contributed by atoms with Gasteiger partial charge in [-0.1, -0.05) is 6.92 Å². The van der Waals surface area contributed by atoms with E-state index in [1.807, 2.05) is 18.7 Å². The molecule has 2 aromatic rings. The monoisotopic (exact) mass is 342 g/mol. The van der Waals surface area contributed by atoms with Crippen LogP contribution >= 0.6 is 27.3 Å². The molecule has 0 aromatic carbocycles. The average molecular weight is 343 g/mol. The number of rotatable bonds is 6. The summed E-state index contributed by atoms with van der Waals surface area (Å²) in [6.07, 6.45) is 1.92. The minimum absolute atomic E-state index is 0.827. The summed E-state index contributed by atoms with van der Waals surface area (Å²) in [5, 5.41) is 11.2. The molecular formula is C13H19BrN4S. The third-order valence-electron chi connectivity index (χ3n) is 3.02. The zero-order valence-corrected chi connectivity index (χ0v) is 13.9. The molecule has 2 rings (SSSR count). The standard InChI is InChI=1S/C13H19BrN4S/c1-4-11-13(14)12(18(3)17-11)7-15-6-5-10-8-19-9(2)16-10/h8,15H,4-7H2,1-3H3. The molecule has 0 radical (unpaired) electrons. The Hall–Kier alpha value is -0.720. The second-order valence-corrected chi connectivity index (χ2v) is 6.32. The lowest BCUT2D eigenvalue weighted by molar-refractivity contribution is 0.619. The lowest BCUT2D eigenvalue weighted by Gasteiger charge is -2.05. The predicted molar refractivity (Wildman–Crippen MR) is 82.5 cm³/mol. The normalized spacial score (nSPS) is 11.2. The number of nitrogens with zero attached hydrogens (tertiary/aromatic N) is 3. The van der Waals surface area contributed by atoms with E-state index in [0.717, 1.165) is 41.1 Å². The van der Waals surface area contributed by atoms with Crippen LogP contribution in [0.4, 0.5) is 0 Å². The van der Waals surface area contributed by atoms with E-state index >= 15 is 0 Å². The third kappa shape index (κ3) is 3.64. The number of halogens is 1. The molecule has 0 aliphatic rings. The topological polar surface area (TPSA) is 42.7 Å². The maximum absolute atomic E-state index is 4.49. The van der Waals surface area contributed by atoms with Crippen LogP contribution in [0.25, 0.3) is 0 Å². The van der Waals surface area contributed by atoms with Crippen LogP contribution in [-0.2, 0) is 26.4 Å². The lowest BCUT2D eigenvalue weighted by Crippen LogP contribution is -2.19. The first-order chi connectivity index (χ1) is 9.11. The Balaban J connectivity index is 1.84. The van der Waals surface area contributed by atoms with E-state index in [1.165, 1.54) is 11.4 Å². The molecule has 0 atom stereocenters. The van der Waals surface area contributed by atoms with Gasteiger partial charge in [-0.2, -0.15) is 5.10 Å². The van der Waals surface area contributed by atoms with Gasteiger partial charge < -0.3 is 5.32 Å². The number of hydrogen-bond donors (Lipinski definition) is 1. The largest absolute Gasteiger partial charge is 0.311 e. The van der Waals surface area contributed by atoms with Crippen molar-refractivity contribution in [1.82, 2.24) is 20.1 Å². The summed E-state index contributed by atoms with van der Waals surface area (Å²) in [5.41, 5.74) is 3.49. The SMILES string of the molecule is CCc1nn(C)c(CNCCc2csc(C)n2)c1Br. The molecule has 0 aliphatic carbocycles. The van der Waals surface area contributed by atoms with Crippen LogP contribution in [0.2, 0.25) is 0 Å². The molecule has 0 saturated carbocycles. The van der Waals surface area contributed by atoms with Crippen LogP contribution in [0, 0.1) is 6.92 Å². The fraction of sp³-hybridized carbons (Fsp3) is 0.538. The fourth-order valence-corrected chi connectivity index (χ4v) is 3.36. The summed E-state index contributed by atoms with van der Waals surface area (Å²) < 4.78 is 3.08. The number of hydrogen-bond acceptors (Lipinski definition) is 4. The molecule has 0 unspecified atom stereocenters. The molecule has 0 fully saturated rings. The van der Waals surface area contributed by atoms with Crippen molar-refractivity contribution in [1.29, 1.82) is 0 Å². The van der Waals surface area contributed by atoms with Crippen molar-refractivity contribution in [3.63, 3.8) is 0 Å². The van der Waals surface area contributed by atoms with Gasteiger partial charge in [-0.25, -0.2) is 4.98 Å². The highest BCUT2D eigenvalue weighted by atomic mass is 79.9. The molecule has 4 nitrogen and oxygen atoms in total. The van der Waals surface area contributed by atoms with E-state index in [0.29, 0.717) is 0 Å².